The number of carboxylic acid groups (broad SMARTS) is 1. The van der Waals surface area contributed by atoms with Crippen LogP contribution in [0.25, 0.3) is 0 Å². The molecular formula is C15H19N3O3S. The Balaban J connectivity index is 2.13. The van der Waals surface area contributed by atoms with Crippen LogP contribution >= 0.6 is 11.3 Å². The van der Waals surface area contributed by atoms with Gasteiger partial charge in [-0.25, -0.2) is 0 Å². The molecule has 1 aromatic carbocycles. The maximum atomic E-state index is 10.9. The van der Waals surface area contributed by atoms with Crippen LogP contribution in [0.1, 0.15) is 22.6 Å². The van der Waals surface area contributed by atoms with E-state index in [0.29, 0.717) is 24.8 Å². The number of hydrogen-bond acceptors (Lipinski definition) is 6. The zero-order valence-corrected chi connectivity index (χ0v) is 13.5. The van der Waals surface area contributed by atoms with Gasteiger partial charge in [-0.15, -0.1) is 10.2 Å². The smallest absolute Gasteiger partial charge is 0.305 e. The standard InChI is InChI=1S/C15H19N3O3S/c1-11-3-5-12(6-4-11)9-18(8-7-14(19)20)15-17-16-13(22-15)10-21-2/h3-6H,7-10H2,1-2H3,(H,19,20). The molecule has 0 aliphatic rings. The highest BCUT2D eigenvalue weighted by Gasteiger charge is 2.14. The molecule has 0 saturated heterocycles. The SMILES string of the molecule is COCc1nnc(N(CCC(=O)O)Cc2ccc(C)cc2)s1. The van der Waals surface area contributed by atoms with Crippen LogP contribution in [-0.2, 0) is 22.7 Å². The Bertz CT molecular complexity index is 613. The quantitative estimate of drug-likeness (QED) is 0.805. The molecule has 0 spiro atoms. The number of rotatable bonds is 8. The van der Waals surface area contributed by atoms with E-state index in [1.807, 2.05) is 36.1 Å². The Morgan fingerprint density at radius 3 is 2.68 bits per heavy atom. The van der Waals surface area contributed by atoms with E-state index in [2.05, 4.69) is 10.2 Å². The Morgan fingerprint density at radius 1 is 1.32 bits per heavy atom. The Labute approximate surface area is 133 Å². The molecule has 0 radical (unpaired) electrons. The van der Waals surface area contributed by atoms with Gasteiger partial charge < -0.3 is 14.7 Å². The summed E-state index contributed by atoms with van der Waals surface area (Å²) in [6.45, 7) is 3.45. The molecule has 2 rings (SSSR count). The molecular weight excluding hydrogens is 302 g/mol. The van der Waals surface area contributed by atoms with Gasteiger partial charge in [0.15, 0.2) is 0 Å². The van der Waals surface area contributed by atoms with E-state index in [1.54, 1.807) is 7.11 Å². The summed E-state index contributed by atoms with van der Waals surface area (Å²) < 4.78 is 5.05. The van der Waals surface area contributed by atoms with Crippen molar-refractivity contribution in [2.24, 2.45) is 0 Å². The summed E-state index contributed by atoms with van der Waals surface area (Å²) in [6, 6.07) is 8.17. The number of carboxylic acids is 1. The first-order valence-electron chi connectivity index (χ1n) is 6.92. The van der Waals surface area contributed by atoms with Gasteiger partial charge in [-0.05, 0) is 12.5 Å². The fourth-order valence-corrected chi connectivity index (χ4v) is 2.78. The topological polar surface area (TPSA) is 75.6 Å². The van der Waals surface area contributed by atoms with E-state index < -0.39 is 5.97 Å². The Kier molecular flexibility index (Phi) is 5.85. The average molecular weight is 321 g/mol. The van der Waals surface area contributed by atoms with Crippen LogP contribution < -0.4 is 4.90 Å². The molecule has 0 amide bonds. The molecule has 0 saturated carbocycles. The van der Waals surface area contributed by atoms with Crippen LogP contribution in [-0.4, -0.2) is 34.9 Å². The van der Waals surface area contributed by atoms with Gasteiger partial charge in [0.1, 0.15) is 11.6 Å². The largest absolute Gasteiger partial charge is 0.481 e. The van der Waals surface area contributed by atoms with E-state index >= 15 is 0 Å². The number of ether oxygens (including phenoxy) is 1. The van der Waals surface area contributed by atoms with Gasteiger partial charge in [0.2, 0.25) is 5.13 Å². The van der Waals surface area contributed by atoms with Gasteiger partial charge in [-0.3, -0.25) is 4.79 Å². The number of aryl methyl sites for hydroxylation is 1. The van der Waals surface area contributed by atoms with E-state index in [1.165, 1.54) is 16.9 Å². The fourth-order valence-electron chi connectivity index (χ4n) is 1.94. The predicted octanol–water partition coefficient (Wildman–Crippen LogP) is 2.47. The maximum Gasteiger partial charge on any atom is 0.305 e. The minimum absolute atomic E-state index is 0.0606. The molecule has 0 bridgehead atoms. The molecule has 1 aromatic heterocycles. The third-order valence-electron chi connectivity index (χ3n) is 3.08. The lowest BCUT2D eigenvalue weighted by Crippen LogP contribution is -2.25. The van der Waals surface area contributed by atoms with Crippen LogP contribution in [0.15, 0.2) is 24.3 Å². The second kappa shape index (κ2) is 7.86. The second-order valence-electron chi connectivity index (χ2n) is 4.96. The lowest BCUT2D eigenvalue weighted by Gasteiger charge is -2.20. The van der Waals surface area contributed by atoms with Crippen LogP contribution in [0.5, 0.6) is 0 Å². The Hall–Kier alpha value is -1.99. The molecule has 0 unspecified atom stereocenters. The van der Waals surface area contributed by atoms with Gasteiger partial charge in [0, 0.05) is 20.2 Å². The minimum Gasteiger partial charge on any atom is -0.481 e. The van der Waals surface area contributed by atoms with Crippen LogP contribution in [0.3, 0.4) is 0 Å². The van der Waals surface area contributed by atoms with Crippen molar-refractivity contribution in [3.8, 4) is 0 Å². The zero-order valence-electron chi connectivity index (χ0n) is 12.7. The summed E-state index contributed by atoms with van der Waals surface area (Å²) in [5.74, 6) is -0.824. The number of aromatic nitrogens is 2. The molecule has 1 N–H and O–H groups in total. The van der Waals surface area contributed by atoms with Crippen molar-refractivity contribution in [3.63, 3.8) is 0 Å². The molecule has 7 heteroatoms. The van der Waals surface area contributed by atoms with E-state index in [-0.39, 0.29) is 6.42 Å². The number of anilines is 1. The third kappa shape index (κ3) is 4.78. The van der Waals surface area contributed by atoms with Crippen molar-refractivity contribution in [2.45, 2.75) is 26.5 Å². The molecule has 118 valence electrons. The van der Waals surface area contributed by atoms with Crippen LogP contribution in [0.2, 0.25) is 0 Å². The molecule has 0 aliphatic heterocycles. The molecule has 0 fully saturated rings. The lowest BCUT2D eigenvalue weighted by molar-refractivity contribution is -0.136. The number of hydrogen-bond donors (Lipinski definition) is 1. The van der Waals surface area contributed by atoms with Gasteiger partial charge in [-0.2, -0.15) is 0 Å². The van der Waals surface area contributed by atoms with Crippen molar-refractivity contribution in [3.05, 3.63) is 40.4 Å². The van der Waals surface area contributed by atoms with E-state index in [9.17, 15) is 4.79 Å². The molecule has 2 aromatic rings. The highest BCUT2D eigenvalue weighted by atomic mass is 32.1. The highest BCUT2D eigenvalue weighted by Crippen LogP contribution is 2.23. The van der Waals surface area contributed by atoms with Gasteiger partial charge in [0.25, 0.3) is 0 Å². The van der Waals surface area contributed by atoms with Crippen LogP contribution in [0, 0.1) is 6.92 Å². The third-order valence-corrected chi connectivity index (χ3v) is 4.04. The van der Waals surface area contributed by atoms with E-state index in [4.69, 9.17) is 9.84 Å². The molecule has 0 aliphatic carbocycles. The van der Waals surface area contributed by atoms with Crippen molar-refractivity contribution in [1.29, 1.82) is 0 Å². The first kappa shape index (κ1) is 16.4. The van der Waals surface area contributed by atoms with Crippen molar-refractivity contribution in [1.82, 2.24) is 10.2 Å². The van der Waals surface area contributed by atoms with Crippen LogP contribution in [0.4, 0.5) is 5.13 Å². The average Bonchev–Trinajstić information content (AvgIpc) is 2.94. The summed E-state index contributed by atoms with van der Waals surface area (Å²) >= 11 is 1.43. The maximum absolute atomic E-state index is 10.9. The monoisotopic (exact) mass is 321 g/mol. The molecule has 1 heterocycles. The summed E-state index contributed by atoms with van der Waals surface area (Å²) in [5, 5.41) is 18.6. The molecule has 22 heavy (non-hydrogen) atoms. The summed E-state index contributed by atoms with van der Waals surface area (Å²) in [4.78, 5) is 12.8. The Morgan fingerprint density at radius 2 is 2.05 bits per heavy atom. The zero-order chi connectivity index (χ0) is 15.9. The van der Waals surface area contributed by atoms with Gasteiger partial charge >= 0.3 is 5.97 Å². The summed E-state index contributed by atoms with van der Waals surface area (Å²) in [7, 11) is 1.61. The predicted molar refractivity (Wildman–Crippen MR) is 85.1 cm³/mol. The van der Waals surface area contributed by atoms with E-state index in [0.717, 1.165) is 10.6 Å². The highest BCUT2D eigenvalue weighted by molar-refractivity contribution is 7.15. The minimum atomic E-state index is -0.824. The molecule has 6 nitrogen and oxygen atoms in total. The van der Waals surface area contributed by atoms with Crippen molar-refractivity contribution >= 4 is 22.4 Å². The van der Waals surface area contributed by atoms with Gasteiger partial charge in [-0.1, -0.05) is 41.2 Å². The van der Waals surface area contributed by atoms with Crippen molar-refractivity contribution < 1.29 is 14.6 Å². The second-order valence-corrected chi connectivity index (χ2v) is 6.00. The number of aliphatic carboxylic acids is 1. The fraction of sp³-hybridized carbons (Fsp3) is 0.400. The first-order chi connectivity index (χ1) is 10.6. The first-order valence-corrected chi connectivity index (χ1v) is 7.73. The number of nitrogens with zero attached hydrogens (tertiary/aromatic N) is 3. The number of carbonyl (C=O) groups is 1. The molecule has 0 atom stereocenters. The normalized spacial score (nSPS) is 10.6. The summed E-state index contributed by atoms with van der Waals surface area (Å²) in [6.07, 6.45) is 0.0606. The summed E-state index contributed by atoms with van der Waals surface area (Å²) in [5.41, 5.74) is 2.30. The van der Waals surface area contributed by atoms with Gasteiger partial charge in [0.05, 0.1) is 6.42 Å². The number of benzene rings is 1. The lowest BCUT2D eigenvalue weighted by atomic mass is 10.1. The van der Waals surface area contributed by atoms with Crippen molar-refractivity contribution in [2.75, 3.05) is 18.6 Å². The number of methoxy groups -OCH3 is 1.